The van der Waals surface area contributed by atoms with Crippen molar-refractivity contribution < 1.29 is 9.53 Å². The van der Waals surface area contributed by atoms with Crippen molar-refractivity contribution in [3.63, 3.8) is 0 Å². The Morgan fingerprint density at radius 1 is 1.30 bits per heavy atom. The fourth-order valence-corrected chi connectivity index (χ4v) is 3.06. The number of ether oxygens (including phenoxy) is 1. The highest BCUT2D eigenvalue weighted by atomic mass is 127. The van der Waals surface area contributed by atoms with Crippen LogP contribution in [0, 0.1) is 3.57 Å². The number of hydrogen-bond acceptors (Lipinski definition) is 4. The zero-order chi connectivity index (χ0) is 14.6. The number of methoxy groups -OCH3 is 1. The van der Waals surface area contributed by atoms with E-state index in [1.54, 1.807) is 0 Å². The molecule has 0 radical (unpaired) electrons. The fourth-order valence-electron chi connectivity index (χ4n) is 2.70. The average molecular weight is 388 g/mol. The third-order valence-electron chi connectivity index (χ3n) is 3.96. The Balaban J connectivity index is 2.38. The average Bonchev–Trinajstić information content (AvgIpc) is 2.75. The normalized spacial score (nSPS) is 19.9. The fraction of sp³-hybridized carbons (Fsp3) is 0.533. The Hall–Kier alpha value is -0.660. The van der Waals surface area contributed by atoms with Gasteiger partial charge in [0.05, 0.1) is 7.11 Å². The van der Waals surface area contributed by atoms with Crippen LogP contribution >= 0.6 is 22.6 Å². The highest BCUT2D eigenvalue weighted by Gasteiger charge is 2.42. The second-order valence-electron chi connectivity index (χ2n) is 5.16. The van der Waals surface area contributed by atoms with Crippen LogP contribution in [0.2, 0.25) is 0 Å². The van der Waals surface area contributed by atoms with Crippen LogP contribution in [-0.4, -0.2) is 44.2 Å². The molecular formula is C15H21IN2O2. The second kappa shape index (κ2) is 6.87. The van der Waals surface area contributed by atoms with Crippen molar-refractivity contribution in [3.05, 3.63) is 33.4 Å². The van der Waals surface area contributed by atoms with Gasteiger partial charge < -0.3 is 10.1 Å². The van der Waals surface area contributed by atoms with E-state index in [1.807, 2.05) is 31.2 Å². The van der Waals surface area contributed by atoms with Gasteiger partial charge in [0, 0.05) is 23.2 Å². The monoisotopic (exact) mass is 388 g/mol. The molecule has 1 aromatic rings. The van der Waals surface area contributed by atoms with E-state index in [9.17, 15) is 4.79 Å². The molecule has 1 atom stereocenters. The predicted molar refractivity (Wildman–Crippen MR) is 87.6 cm³/mol. The van der Waals surface area contributed by atoms with Crippen LogP contribution in [0.15, 0.2) is 24.3 Å². The molecule has 2 rings (SSSR count). The van der Waals surface area contributed by atoms with Crippen LogP contribution < -0.4 is 5.32 Å². The quantitative estimate of drug-likeness (QED) is 0.635. The van der Waals surface area contributed by atoms with Crippen molar-refractivity contribution in [1.29, 1.82) is 0 Å². The molecule has 1 fully saturated rings. The predicted octanol–water partition coefficient (Wildman–Crippen LogP) is 1.97. The smallest absolute Gasteiger partial charge is 0.330 e. The van der Waals surface area contributed by atoms with E-state index in [4.69, 9.17) is 4.74 Å². The van der Waals surface area contributed by atoms with E-state index in [1.165, 1.54) is 7.11 Å². The largest absolute Gasteiger partial charge is 0.467 e. The zero-order valence-electron chi connectivity index (χ0n) is 12.0. The molecule has 1 aromatic carbocycles. The molecule has 1 aliphatic heterocycles. The number of halogens is 1. The van der Waals surface area contributed by atoms with Gasteiger partial charge in [-0.05, 0) is 60.2 Å². The Bertz CT molecular complexity index is 455. The Labute approximate surface area is 134 Å². The molecule has 1 heterocycles. The first-order valence-electron chi connectivity index (χ1n) is 6.89. The molecule has 1 N–H and O–H groups in total. The summed E-state index contributed by atoms with van der Waals surface area (Å²) < 4.78 is 6.25. The molecule has 1 saturated heterocycles. The minimum atomic E-state index is -0.717. The van der Waals surface area contributed by atoms with Crippen molar-refractivity contribution >= 4 is 28.6 Å². The lowest BCUT2D eigenvalue weighted by atomic mass is 9.89. The molecule has 0 spiro atoms. The van der Waals surface area contributed by atoms with Crippen molar-refractivity contribution in [3.8, 4) is 0 Å². The van der Waals surface area contributed by atoms with Crippen molar-refractivity contribution in [2.75, 3.05) is 33.3 Å². The Kier molecular flexibility index (Phi) is 5.40. The summed E-state index contributed by atoms with van der Waals surface area (Å²) in [5, 5.41) is 3.37. The molecule has 4 nitrogen and oxygen atoms in total. The molecule has 0 bridgehead atoms. The summed E-state index contributed by atoms with van der Waals surface area (Å²) in [6.07, 6.45) is 1.04. The summed E-state index contributed by atoms with van der Waals surface area (Å²) >= 11 is 2.27. The lowest BCUT2D eigenvalue weighted by Crippen LogP contribution is -2.51. The molecule has 1 aliphatic rings. The van der Waals surface area contributed by atoms with Crippen molar-refractivity contribution in [2.45, 2.75) is 18.9 Å². The van der Waals surface area contributed by atoms with E-state index in [-0.39, 0.29) is 5.97 Å². The van der Waals surface area contributed by atoms with E-state index in [2.05, 4.69) is 32.8 Å². The first-order chi connectivity index (χ1) is 9.59. The van der Waals surface area contributed by atoms with Gasteiger partial charge in [-0.2, -0.15) is 0 Å². The first-order valence-corrected chi connectivity index (χ1v) is 7.97. The summed E-state index contributed by atoms with van der Waals surface area (Å²) in [4.78, 5) is 14.7. The van der Waals surface area contributed by atoms with Gasteiger partial charge in [-0.25, -0.2) is 4.79 Å². The summed E-state index contributed by atoms with van der Waals surface area (Å²) in [6.45, 7) is 5.60. The van der Waals surface area contributed by atoms with Gasteiger partial charge in [-0.3, -0.25) is 4.90 Å². The molecular weight excluding hydrogens is 367 g/mol. The Morgan fingerprint density at radius 2 is 2.00 bits per heavy atom. The highest BCUT2D eigenvalue weighted by molar-refractivity contribution is 14.1. The van der Waals surface area contributed by atoms with Crippen molar-refractivity contribution in [1.82, 2.24) is 10.2 Å². The van der Waals surface area contributed by atoms with Crippen LogP contribution in [-0.2, 0) is 15.1 Å². The standard InChI is InChI=1S/C15H21IN2O2/c1-15(14(19)20-2,12-4-6-13(16)7-5-12)18-10-3-8-17-9-11-18/h4-7,17H,3,8-11H2,1-2H3. The highest BCUT2D eigenvalue weighted by Crippen LogP contribution is 2.30. The van der Waals surface area contributed by atoms with Gasteiger partial charge in [0.25, 0.3) is 0 Å². The van der Waals surface area contributed by atoms with Gasteiger partial charge in [-0.15, -0.1) is 0 Å². The third-order valence-corrected chi connectivity index (χ3v) is 4.68. The lowest BCUT2D eigenvalue weighted by Gasteiger charge is -2.38. The minimum Gasteiger partial charge on any atom is -0.467 e. The van der Waals surface area contributed by atoms with Crippen LogP contribution in [0.25, 0.3) is 0 Å². The molecule has 20 heavy (non-hydrogen) atoms. The van der Waals surface area contributed by atoms with E-state index in [0.717, 1.165) is 41.7 Å². The molecule has 0 aliphatic carbocycles. The first kappa shape index (κ1) is 15.7. The number of hydrogen-bond donors (Lipinski definition) is 1. The van der Waals surface area contributed by atoms with E-state index < -0.39 is 5.54 Å². The minimum absolute atomic E-state index is 0.194. The van der Waals surface area contributed by atoms with Gasteiger partial charge in [0.1, 0.15) is 5.54 Å². The van der Waals surface area contributed by atoms with Crippen molar-refractivity contribution in [2.24, 2.45) is 0 Å². The summed E-state index contributed by atoms with van der Waals surface area (Å²) in [5.41, 5.74) is 0.275. The van der Waals surface area contributed by atoms with Crippen LogP contribution in [0.5, 0.6) is 0 Å². The number of benzene rings is 1. The number of nitrogens with one attached hydrogen (secondary N) is 1. The molecule has 1 unspecified atom stereocenters. The van der Waals surface area contributed by atoms with Crippen LogP contribution in [0.1, 0.15) is 18.9 Å². The maximum absolute atomic E-state index is 12.4. The second-order valence-corrected chi connectivity index (χ2v) is 6.41. The molecule has 0 saturated carbocycles. The third kappa shape index (κ3) is 3.15. The number of carbonyl (C=O) groups is 1. The van der Waals surface area contributed by atoms with Gasteiger partial charge in [-0.1, -0.05) is 12.1 Å². The maximum atomic E-state index is 12.4. The van der Waals surface area contributed by atoms with E-state index in [0.29, 0.717) is 0 Å². The lowest BCUT2D eigenvalue weighted by molar-refractivity contribution is -0.155. The van der Waals surface area contributed by atoms with Gasteiger partial charge in [0.15, 0.2) is 0 Å². The topological polar surface area (TPSA) is 41.6 Å². The maximum Gasteiger partial charge on any atom is 0.330 e. The summed E-state index contributed by atoms with van der Waals surface area (Å²) in [5.74, 6) is -0.194. The summed E-state index contributed by atoms with van der Waals surface area (Å²) in [7, 11) is 1.46. The number of nitrogens with zero attached hydrogens (tertiary/aromatic N) is 1. The molecule has 0 aromatic heterocycles. The van der Waals surface area contributed by atoms with Gasteiger partial charge >= 0.3 is 5.97 Å². The molecule has 110 valence electrons. The Morgan fingerprint density at radius 3 is 2.65 bits per heavy atom. The van der Waals surface area contributed by atoms with Crippen LogP contribution in [0.4, 0.5) is 0 Å². The SMILES string of the molecule is COC(=O)C(C)(c1ccc(I)cc1)N1CCCNCC1. The number of rotatable bonds is 3. The number of carbonyl (C=O) groups excluding carboxylic acids is 1. The number of esters is 1. The van der Waals surface area contributed by atoms with E-state index >= 15 is 0 Å². The molecule has 5 heteroatoms. The van der Waals surface area contributed by atoms with Gasteiger partial charge in [0.2, 0.25) is 0 Å². The van der Waals surface area contributed by atoms with Crippen LogP contribution in [0.3, 0.4) is 0 Å². The summed E-state index contributed by atoms with van der Waals surface area (Å²) in [6, 6.07) is 8.12. The zero-order valence-corrected chi connectivity index (χ0v) is 14.1. The molecule has 0 amide bonds.